The molecule has 1 unspecified atom stereocenters. The molecule has 3 aromatic rings. The predicted molar refractivity (Wildman–Crippen MR) is 147 cm³/mol. The van der Waals surface area contributed by atoms with E-state index in [1.54, 1.807) is 34.0 Å². The van der Waals surface area contributed by atoms with Crippen LogP contribution < -0.4 is 27.1 Å². The highest BCUT2D eigenvalue weighted by atomic mass is 16.3. The quantitative estimate of drug-likeness (QED) is 0.257. The number of aryl methyl sites for hydroxylation is 1. The molecule has 0 aliphatic rings. The van der Waals surface area contributed by atoms with Crippen molar-refractivity contribution >= 4 is 28.9 Å². The van der Waals surface area contributed by atoms with Crippen molar-refractivity contribution in [3.05, 3.63) is 80.4 Å². The van der Waals surface area contributed by atoms with Crippen molar-refractivity contribution in [1.29, 1.82) is 0 Å². The molecule has 202 valence electrons. The van der Waals surface area contributed by atoms with Crippen molar-refractivity contribution in [2.75, 3.05) is 24.7 Å². The van der Waals surface area contributed by atoms with Gasteiger partial charge in [-0.15, -0.1) is 0 Å². The van der Waals surface area contributed by atoms with E-state index in [-0.39, 0.29) is 46.9 Å². The zero-order valence-corrected chi connectivity index (χ0v) is 22.2. The van der Waals surface area contributed by atoms with Crippen LogP contribution in [0.2, 0.25) is 0 Å². The normalized spacial score (nSPS) is 12.3. The van der Waals surface area contributed by atoms with Crippen molar-refractivity contribution in [3.8, 4) is 5.75 Å². The minimum atomic E-state index is -0.838. The largest absolute Gasteiger partial charge is 0.505 e. The molecule has 2 aromatic carbocycles. The first-order valence-electron chi connectivity index (χ1n) is 12.4. The number of amides is 2. The smallest absolute Gasteiger partial charge is 0.291 e. The third kappa shape index (κ3) is 6.05. The van der Waals surface area contributed by atoms with Gasteiger partial charge in [-0.25, -0.2) is 4.68 Å². The van der Waals surface area contributed by atoms with Gasteiger partial charge < -0.3 is 26.0 Å². The minimum absolute atomic E-state index is 0.0240. The number of hydrogen-bond donors (Lipinski definition) is 5. The zero-order chi connectivity index (χ0) is 28.0. The van der Waals surface area contributed by atoms with Crippen molar-refractivity contribution in [1.82, 2.24) is 20.0 Å². The molecule has 0 saturated heterocycles. The number of nitrogens with one attached hydrogen (secondary N) is 4. The third-order valence-electron chi connectivity index (χ3n) is 6.12. The van der Waals surface area contributed by atoms with Crippen LogP contribution in [0.4, 0.5) is 17.1 Å². The van der Waals surface area contributed by atoms with Crippen LogP contribution in [0.5, 0.6) is 5.75 Å². The Bertz CT molecular complexity index is 1410. The summed E-state index contributed by atoms with van der Waals surface area (Å²) in [7, 11) is 3.10. The Balaban J connectivity index is 1.99. The fourth-order valence-corrected chi connectivity index (χ4v) is 3.92. The van der Waals surface area contributed by atoms with Gasteiger partial charge in [-0.2, -0.15) is 0 Å². The van der Waals surface area contributed by atoms with Crippen LogP contribution >= 0.6 is 0 Å². The number of nitrogens with zero attached hydrogens (tertiary/aromatic N) is 2. The van der Waals surface area contributed by atoms with E-state index in [9.17, 15) is 24.3 Å². The van der Waals surface area contributed by atoms with Crippen molar-refractivity contribution in [2.45, 2.75) is 45.8 Å². The van der Waals surface area contributed by atoms with Gasteiger partial charge in [-0.3, -0.25) is 24.3 Å². The summed E-state index contributed by atoms with van der Waals surface area (Å²) in [5.74, 6) is -1.16. The van der Waals surface area contributed by atoms with E-state index in [1.165, 1.54) is 17.0 Å². The number of phenols is 1. The molecule has 0 saturated carbocycles. The highest BCUT2D eigenvalue weighted by Gasteiger charge is 2.25. The predicted octanol–water partition coefficient (Wildman–Crippen LogP) is 2.78. The lowest BCUT2D eigenvalue weighted by Gasteiger charge is -2.23. The van der Waals surface area contributed by atoms with E-state index in [4.69, 9.17) is 0 Å². The first-order valence-corrected chi connectivity index (χ1v) is 12.4. The van der Waals surface area contributed by atoms with Crippen LogP contribution in [0.25, 0.3) is 0 Å². The second-order valence-corrected chi connectivity index (χ2v) is 9.01. The molecular formula is C27H34N6O5. The number of hydrogen-bond acceptors (Lipinski definition) is 7. The first kappa shape index (κ1) is 28.0. The van der Waals surface area contributed by atoms with Crippen LogP contribution in [0, 0.1) is 0 Å². The summed E-state index contributed by atoms with van der Waals surface area (Å²) < 4.78 is 1.11. The Morgan fingerprint density at radius 1 is 1.03 bits per heavy atom. The number of carbonyl (C=O) groups is 2. The van der Waals surface area contributed by atoms with Gasteiger partial charge in [0.2, 0.25) is 5.91 Å². The molecule has 0 fully saturated rings. The van der Waals surface area contributed by atoms with E-state index in [0.717, 1.165) is 10.2 Å². The molecule has 2 atom stereocenters. The third-order valence-corrected chi connectivity index (χ3v) is 6.12. The first-order chi connectivity index (χ1) is 18.1. The Kier molecular flexibility index (Phi) is 8.95. The number of phenolic OH excluding ortho intramolecular Hbond substituents is 1. The van der Waals surface area contributed by atoms with Gasteiger partial charge >= 0.3 is 0 Å². The second kappa shape index (κ2) is 12.1. The second-order valence-electron chi connectivity index (χ2n) is 9.01. The summed E-state index contributed by atoms with van der Waals surface area (Å²) >= 11 is 0. The molecule has 0 aliphatic heterocycles. The molecule has 2 amide bonds. The van der Waals surface area contributed by atoms with Gasteiger partial charge in [0, 0.05) is 20.6 Å². The van der Waals surface area contributed by atoms with Crippen LogP contribution in [0.3, 0.4) is 0 Å². The van der Waals surface area contributed by atoms with E-state index in [2.05, 4.69) is 21.0 Å². The number of carbonyl (C=O) groups excluding carboxylic acids is 2. The molecule has 3 rings (SSSR count). The maximum absolute atomic E-state index is 13.3. The van der Waals surface area contributed by atoms with Crippen LogP contribution in [-0.4, -0.2) is 51.7 Å². The van der Waals surface area contributed by atoms with Crippen molar-refractivity contribution < 1.29 is 14.7 Å². The fraction of sp³-hybridized carbons (Fsp3) is 0.333. The molecule has 11 nitrogen and oxygen atoms in total. The summed E-state index contributed by atoms with van der Waals surface area (Å²) in [5.41, 5.74) is -0.524. The molecule has 5 N–H and O–H groups in total. The van der Waals surface area contributed by atoms with Crippen molar-refractivity contribution in [3.63, 3.8) is 0 Å². The van der Waals surface area contributed by atoms with E-state index >= 15 is 0 Å². The number of aromatic hydroxyl groups is 1. The molecule has 38 heavy (non-hydrogen) atoms. The lowest BCUT2D eigenvalue weighted by Crippen LogP contribution is -2.43. The zero-order valence-electron chi connectivity index (χ0n) is 22.2. The number of aromatic amines is 1. The molecular weight excluding hydrogens is 488 g/mol. The van der Waals surface area contributed by atoms with Crippen LogP contribution in [-0.2, 0) is 11.3 Å². The van der Waals surface area contributed by atoms with E-state index in [1.807, 2.05) is 37.3 Å². The van der Waals surface area contributed by atoms with E-state index in [0.29, 0.717) is 6.42 Å². The minimum Gasteiger partial charge on any atom is -0.505 e. The van der Waals surface area contributed by atoms with Gasteiger partial charge in [0.15, 0.2) is 5.75 Å². The Labute approximate surface area is 220 Å². The number of H-pyrrole nitrogens is 1. The van der Waals surface area contributed by atoms with Crippen LogP contribution in [0.1, 0.15) is 49.2 Å². The van der Waals surface area contributed by atoms with Gasteiger partial charge in [0.05, 0.1) is 17.3 Å². The van der Waals surface area contributed by atoms with Gasteiger partial charge in [-0.1, -0.05) is 43.3 Å². The fourth-order valence-electron chi connectivity index (χ4n) is 3.92. The standard InChI is InChI=1S/C27H34N6O5/c1-6-19(24(35)28-16(3)17-12-9-8-10-13-17)29-21-22(27(38)33(7-2)31-25(21)36)30-20-15-11-14-18(23(20)34)26(37)32(4)5/h8-16,19,29-30,34H,6-7H2,1-5H3,(H,28,35)(H,31,36)/t16?,19-/m1/s1. The topological polar surface area (TPSA) is 149 Å². The highest BCUT2D eigenvalue weighted by molar-refractivity contribution is 5.99. The summed E-state index contributed by atoms with van der Waals surface area (Å²) in [4.78, 5) is 53.2. The SMILES string of the molecule is CC[C@@H](Nc1c(Nc2cccc(C(=O)N(C)C)c2O)c(=O)n(CC)[nH]c1=O)C(=O)NC(C)c1ccccc1. The summed E-state index contributed by atoms with van der Waals surface area (Å²) in [6, 6.07) is 12.8. The number of rotatable bonds is 10. The molecule has 0 aliphatic carbocycles. The summed E-state index contributed by atoms with van der Waals surface area (Å²) in [5, 5.41) is 22.0. The highest BCUT2D eigenvalue weighted by Crippen LogP contribution is 2.31. The van der Waals surface area contributed by atoms with Crippen molar-refractivity contribution in [2.24, 2.45) is 0 Å². The molecule has 0 spiro atoms. The van der Waals surface area contributed by atoms with Gasteiger partial charge in [0.25, 0.3) is 17.0 Å². The maximum atomic E-state index is 13.3. The van der Waals surface area contributed by atoms with Crippen LogP contribution in [0.15, 0.2) is 58.1 Å². The van der Waals surface area contributed by atoms with E-state index < -0.39 is 23.1 Å². The number of benzene rings is 2. The Morgan fingerprint density at radius 3 is 2.32 bits per heavy atom. The molecule has 11 heteroatoms. The Hall–Kier alpha value is -4.54. The summed E-state index contributed by atoms with van der Waals surface area (Å²) in [6.45, 7) is 5.50. The molecule has 1 aromatic heterocycles. The molecule has 1 heterocycles. The molecule has 0 radical (unpaired) electrons. The Morgan fingerprint density at radius 2 is 1.71 bits per heavy atom. The maximum Gasteiger partial charge on any atom is 0.291 e. The number of anilines is 3. The monoisotopic (exact) mass is 522 g/mol. The van der Waals surface area contributed by atoms with Gasteiger partial charge in [0.1, 0.15) is 17.4 Å². The average Bonchev–Trinajstić information content (AvgIpc) is 2.91. The summed E-state index contributed by atoms with van der Waals surface area (Å²) in [6.07, 6.45) is 0.321. The lowest BCUT2D eigenvalue weighted by atomic mass is 10.1. The average molecular weight is 523 g/mol. The number of para-hydroxylation sites is 1. The van der Waals surface area contributed by atoms with Gasteiger partial charge in [-0.05, 0) is 38.0 Å². The number of aromatic nitrogens is 2. The lowest BCUT2D eigenvalue weighted by molar-refractivity contribution is -0.122. The molecule has 0 bridgehead atoms.